The lowest BCUT2D eigenvalue weighted by molar-refractivity contribution is -0.123. The second-order valence-electron chi connectivity index (χ2n) is 4.72. The van der Waals surface area contributed by atoms with Crippen molar-refractivity contribution in [1.29, 1.82) is 0 Å². The van der Waals surface area contributed by atoms with Crippen LogP contribution in [0.15, 0.2) is 24.3 Å². The third kappa shape index (κ3) is 6.03. The smallest absolute Gasteiger partial charge is 0.257 e. The van der Waals surface area contributed by atoms with E-state index in [4.69, 9.17) is 4.74 Å². The van der Waals surface area contributed by atoms with Crippen molar-refractivity contribution in [3.63, 3.8) is 0 Å². The van der Waals surface area contributed by atoms with Crippen molar-refractivity contribution in [2.24, 2.45) is 0 Å². The maximum atomic E-state index is 11.5. The van der Waals surface area contributed by atoms with Crippen LogP contribution in [0.2, 0.25) is 0 Å². The molecule has 0 unspecified atom stereocenters. The molecule has 0 bridgehead atoms. The average Bonchev–Trinajstić information content (AvgIpc) is 2.44. The zero-order valence-electron chi connectivity index (χ0n) is 12.6. The summed E-state index contributed by atoms with van der Waals surface area (Å²) in [6.45, 7) is 2.65. The summed E-state index contributed by atoms with van der Waals surface area (Å²) in [4.78, 5) is 11.5. The van der Waals surface area contributed by atoms with Crippen LogP contribution in [0.3, 0.4) is 0 Å². The van der Waals surface area contributed by atoms with Gasteiger partial charge in [0.25, 0.3) is 5.91 Å². The lowest BCUT2D eigenvalue weighted by Crippen LogP contribution is -2.29. The second-order valence-corrected chi connectivity index (χ2v) is 6.73. The molecule has 0 spiro atoms. The summed E-state index contributed by atoms with van der Waals surface area (Å²) in [6, 6.07) is 6.53. The summed E-state index contributed by atoms with van der Waals surface area (Å²) in [7, 11) is -1.80. The quantitative estimate of drug-likeness (QED) is 0.736. The van der Waals surface area contributed by atoms with Gasteiger partial charge >= 0.3 is 0 Å². The van der Waals surface area contributed by atoms with E-state index in [0.717, 1.165) is 19.1 Å². The standard InChI is InChI=1S/C14H22N2O4S/c1-4-5-10-15-14(17)11-20-13-8-6-12(7-9-13)16(2)21(3,18)19/h6-9H,4-5,10-11H2,1-3H3,(H,15,17). The van der Waals surface area contributed by atoms with Gasteiger partial charge in [-0.25, -0.2) is 8.42 Å². The number of carbonyl (C=O) groups excluding carboxylic acids is 1. The number of benzene rings is 1. The predicted octanol–water partition coefficient (Wildman–Crippen LogP) is 1.38. The molecule has 0 saturated heterocycles. The van der Waals surface area contributed by atoms with Crippen LogP contribution in [-0.2, 0) is 14.8 Å². The normalized spacial score (nSPS) is 11.0. The monoisotopic (exact) mass is 314 g/mol. The number of nitrogens with one attached hydrogen (secondary N) is 1. The van der Waals surface area contributed by atoms with Crippen LogP contribution in [0.5, 0.6) is 5.75 Å². The molecule has 118 valence electrons. The third-order valence-corrected chi connectivity index (χ3v) is 4.13. The molecule has 0 fully saturated rings. The average molecular weight is 314 g/mol. The number of anilines is 1. The van der Waals surface area contributed by atoms with Gasteiger partial charge in [-0.2, -0.15) is 0 Å². The third-order valence-electron chi connectivity index (χ3n) is 2.92. The van der Waals surface area contributed by atoms with Crippen molar-refractivity contribution in [3.05, 3.63) is 24.3 Å². The van der Waals surface area contributed by atoms with Crippen molar-refractivity contribution in [2.75, 3.05) is 30.8 Å². The largest absolute Gasteiger partial charge is 0.484 e. The van der Waals surface area contributed by atoms with Crippen molar-refractivity contribution in [3.8, 4) is 5.75 Å². The molecule has 1 aromatic carbocycles. The van der Waals surface area contributed by atoms with Gasteiger partial charge in [-0.05, 0) is 30.7 Å². The molecule has 6 nitrogen and oxygen atoms in total. The number of rotatable bonds is 8. The first-order chi connectivity index (χ1) is 9.84. The second kappa shape index (κ2) is 7.87. The first kappa shape index (κ1) is 17.3. The Labute approximate surface area is 126 Å². The number of hydrogen-bond donors (Lipinski definition) is 1. The summed E-state index contributed by atoms with van der Waals surface area (Å²) in [5.74, 6) is 0.354. The molecule has 0 aliphatic heterocycles. The highest BCUT2D eigenvalue weighted by molar-refractivity contribution is 7.92. The lowest BCUT2D eigenvalue weighted by atomic mass is 10.3. The molecular weight excluding hydrogens is 292 g/mol. The Morgan fingerprint density at radius 1 is 1.29 bits per heavy atom. The minimum Gasteiger partial charge on any atom is -0.484 e. The highest BCUT2D eigenvalue weighted by atomic mass is 32.2. The summed E-state index contributed by atoms with van der Waals surface area (Å²) < 4.78 is 29.3. The molecule has 0 aliphatic rings. The number of amides is 1. The zero-order chi connectivity index (χ0) is 15.9. The maximum Gasteiger partial charge on any atom is 0.257 e. The zero-order valence-corrected chi connectivity index (χ0v) is 13.4. The van der Waals surface area contributed by atoms with Gasteiger partial charge in [-0.3, -0.25) is 9.10 Å². The van der Waals surface area contributed by atoms with Crippen molar-refractivity contribution >= 4 is 21.6 Å². The fourth-order valence-corrected chi connectivity index (χ4v) is 2.05. The Balaban J connectivity index is 2.50. The Morgan fingerprint density at radius 3 is 2.43 bits per heavy atom. The van der Waals surface area contributed by atoms with Gasteiger partial charge in [0.1, 0.15) is 5.75 Å². The van der Waals surface area contributed by atoms with E-state index in [1.807, 2.05) is 0 Å². The van der Waals surface area contributed by atoms with E-state index in [9.17, 15) is 13.2 Å². The van der Waals surface area contributed by atoms with E-state index < -0.39 is 10.0 Å². The number of sulfonamides is 1. The van der Waals surface area contributed by atoms with Gasteiger partial charge in [-0.1, -0.05) is 13.3 Å². The highest BCUT2D eigenvalue weighted by Gasteiger charge is 2.11. The SMILES string of the molecule is CCCCNC(=O)COc1ccc(N(C)S(C)(=O)=O)cc1. The topological polar surface area (TPSA) is 75.7 Å². The molecule has 0 saturated carbocycles. The van der Waals surface area contributed by atoms with E-state index in [0.29, 0.717) is 18.0 Å². The summed E-state index contributed by atoms with van der Waals surface area (Å²) >= 11 is 0. The van der Waals surface area contributed by atoms with Gasteiger partial charge in [0.2, 0.25) is 10.0 Å². The molecule has 0 aliphatic carbocycles. The maximum absolute atomic E-state index is 11.5. The van der Waals surface area contributed by atoms with Crippen LogP contribution >= 0.6 is 0 Å². The van der Waals surface area contributed by atoms with Crippen LogP contribution in [0.4, 0.5) is 5.69 Å². The summed E-state index contributed by atoms with van der Waals surface area (Å²) in [6.07, 6.45) is 3.10. The van der Waals surface area contributed by atoms with Gasteiger partial charge < -0.3 is 10.1 Å². The molecule has 21 heavy (non-hydrogen) atoms. The molecular formula is C14H22N2O4S. The molecule has 0 heterocycles. The minimum atomic E-state index is -3.28. The number of unbranched alkanes of at least 4 members (excludes halogenated alkanes) is 1. The first-order valence-corrected chi connectivity index (χ1v) is 8.63. The molecule has 0 aromatic heterocycles. The van der Waals surface area contributed by atoms with Gasteiger partial charge in [-0.15, -0.1) is 0 Å². The molecule has 7 heteroatoms. The highest BCUT2D eigenvalue weighted by Crippen LogP contribution is 2.20. The van der Waals surface area contributed by atoms with Crippen LogP contribution in [-0.4, -0.2) is 40.8 Å². The molecule has 1 N–H and O–H groups in total. The molecule has 0 radical (unpaired) electrons. The Hall–Kier alpha value is -1.76. The number of nitrogens with zero attached hydrogens (tertiary/aromatic N) is 1. The fraction of sp³-hybridized carbons (Fsp3) is 0.500. The Bertz CT molecular complexity index is 555. The van der Waals surface area contributed by atoms with E-state index in [-0.39, 0.29) is 12.5 Å². The number of ether oxygens (including phenoxy) is 1. The van der Waals surface area contributed by atoms with E-state index in [1.54, 1.807) is 24.3 Å². The number of hydrogen-bond acceptors (Lipinski definition) is 4. The van der Waals surface area contributed by atoms with E-state index >= 15 is 0 Å². The van der Waals surface area contributed by atoms with Gasteiger partial charge in [0.05, 0.1) is 11.9 Å². The fourth-order valence-electron chi connectivity index (χ4n) is 1.55. The van der Waals surface area contributed by atoms with Crippen LogP contribution in [0, 0.1) is 0 Å². The molecule has 1 aromatic rings. The Kier molecular flexibility index (Phi) is 6.48. The minimum absolute atomic E-state index is 0.0506. The summed E-state index contributed by atoms with van der Waals surface area (Å²) in [5, 5.41) is 2.75. The predicted molar refractivity (Wildman–Crippen MR) is 83.1 cm³/mol. The first-order valence-electron chi connectivity index (χ1n) is 6.78. The van der Waals surface area contributed by atoms with Crippen LogP contribution in [0.1, 0.15) is 19.8 Å². The van der Waals surface area contributed by atoms with Crippen molar-refractivity contribution < 1.29 is 17.9 Å². The van der Waals surface area contributed by atoms with E-state index in [1.165, 1.54) is 11.4 Å². The Morgan fingerprint density at radius 2 is 1.90 bits per heavy atom. The molecule has 1 rings (SSSR count). The van der Waals surface area contributed by atoms with Crippen molar-refractivity contribution in [2.45, 2.75) is 19.8 Å². The number of carbonyl (C=O) groups is 1. The summed E-state index contributed by atoms with van der Waals surface area (Å²) in [5.41, 5.74) is 0.539. The van der Waals surface area contributed by atoms with Gasteiger partial charge in [0, 0.05) is 13.6 Å². The molecule has 1 amide bonds. The molecule has 0 atom stereocenters. The van der Waals surface area contributed by atoms with E-state index in [2.05, 4.69) is 12.2 Å². The van der Waals surface area contributed by atoms with Crippen molar-refractivity contribution in [1.82, 2.24) is 5.32 Å². The lowest BCUT2D eigenvalue weighted by Gasteiger charge is -2.16. The van der Waals surface area contributed by atoms with Crippen LogP contribution < -0.4 is 14.4 Å². The van der Waals surface area contributed by atoms with Gasteiger partial charge in [0.15, 0.2) is 6.61 Å². The van der Waals surface area contributed by atoms with Crippen LogP contribution in [0.25, 0.3) is 0 Å².